The molecule has 0 spiro atoms. The van der Waals surface area contributed by atoms with Crippen LogP contribution in [-0.4, -0.2) is 23.0 Å². The summed E-state index contributed by atoms with van der Waals surface area (Å²) >= 11 is 6.00. The summed E-state index contributed by atoms with van der Waals surface area (Å²) in [4.78, 5) is 20.8. The summed E-state index contributed by atoms with van der Waals surface area (Å²) in [5.41, 5.74) is 1.82. The highest BCUT2D eigenvalue weighted by Gasteiger charge is 2.13. The maximum Gasteiger partial charge on any atom is 0.274 e. The number of carbonyl (C=O) groups excluding carboxylic acids is 1. The molecule has 0 saturated carbocycles. The molecule has 138 valence electrons. The fourth-order valence-electron chi connectivity index (χ4n) is 2.57. The maximum atomic E-state index is 12.6. The molecule has 6 nitrogen and oxygen atoms in total. The van der Waals surface area contributed by atoms with E-state index in [1.54, 1.807) is 24.3 Å². The van der Waals surface area contributed by atoms with Gasteiger partial charge in [0, 0.05) is 17.1 Å². The van der Waals surface area contributed by atoms with Crippen LogP contribution in [0.4, 0.5) is 11.5 Å². The second-order valence-electron chi connectivity index (χ2n) is 5.86. The van der Waals surface area contributed by atoms with Crippen molar-refractivity contribution in [3.63, 3.8) is 0 Å². The Morgan fingerprint density at radius 2 is 1.89 bits per heavy atom. The minimum atomic E-state index is -0.381. The smallest absolute Gasteiger partial charge is 0.274 e. The third kappa shape index (κ3) is 4.74. The molecule has 1 atom stereocenters. The van der Waals surface area contributed by atoms with Crippen LogP contribution in [0.5, 0.6) is 5.75 Å². The average Bonchev–Trinajstić information content (AvgIpc) is 2.69. The van der Waals surface area contributed by atoms with Crippen molar-refractivity contribution in [3.05, 3.63) is 77.2 Å². The Hall–Kier alpha value is -3.12. The molecule has 0 aliphatic rings. The summed E-state index contributed by atoms with van der Waals surface area (Å²) in [5.74, 6) is 0.691. The van der Waals surface area contributed by atoms with Crippen molar-refractivity contribution < 1.29 is 9.53 Å². The molecular weight excluding hydrogens is 364 g/mol. The number of amides is 1. The maximum absolute atomic E-state index is 12.6. The molecule has 2 aromatic carbocycles. The van der Waals surface area contributed by atoms with Gasteiger partial charge in [-0.05, 0) is 30.7 Å². The van der Waals surface area contributed by atoms with Crippen LogP contribution in [0.3, 0.4) is 0 Å². The highest BCUT2D eigenvalue weighted by molar-refractivity contribution is 6.31. The second kappa shape index (κ2) is 8.51. The normalized spacial score (nSPS) is 11.5. The van der Waals surface area contributed by atoms with Crippen LogP contribution in [-0.2, 0) is 0 Å². The summed E-state index contributed by atoms with van der Waals surface area (Å²) in [5, 5.41) is 6.53. The zero-order chi connectivity index (χ0) is 19.2. The molecule has 3 aromatic rings. The summed E-state index contributed by atoms with van der Waals surface area (Å²) in [6.07, 6.45) is 1.35. The van der Waals surface area contributed by atoms with E-state index >= 15 is 0 Å². The van der Waals surface area contributed by atoms with E-state index in [-0.39, 0.29) is 17.6 Å². The van der Waals surface area contributed by atoms with Crippen LogP contribution >= 0.6 is 11.6 Å². The molecule has 0 saturated heterocycles. The lowest BCUT2D eigenvalue weighted by molar-refractivity contribution is 0.102. The van der Waals surface area contributed by atoms with Crippen molar-refractivity contribution >= 4 is 29.0 Å². The summed E-state index contributed by atoms with van der Waals surface area (Å²) < 4.78 is 5.24. The number of halogens is 1. The molecule has 1 heterocycles. The van der Waals surface area contributed by atoms with Gasteiger partial charge in [0.15, 0.2) is 0 Å². The minimum absolute atomic E-state index is 0.0324. The Labute approximate surface area is 162 Å². The number of benzene rings is 2. The van der Waals surface area contributed by atoms with Gasteiger partial charge >= 0.3 is 0 Å². The number of aromatic nitrogens is 2. The number of hydrogen-bond donors (Lipinski definition) is 2. The molecule has 3 rings (SSSR count). The molecule has 0 aliphatic carbocycles. The number of hydrogen-bond acceptors (Lipinski definition) is 5. The molecule has 2 N–H and O–H groups in total. The van der Waals surface area contributed by atoms with Gasteiger partial charge in [0.2, 0.25) is 0 Å². The SMILES string of the molecule is COc1ccc(Cl)cc1NC(=O)c1cc(NC(C)c2ccccc2)ncn1. The van der Waals surface area contributed by atoms with E-state index in [0.29, 0.717) is 22.3 Å². The van der Waals surface area contributed by atoms with E-state index in [1.807, 2.05) is 37.3 Å². The highest BCUT2D eigenvalue weighted by Crippen LogP contribution is 2.28. The number of nitrogens with zero attached hydrogens (tertiary/aromatic N) is 2. The minimum Gasteiger partial charge on any atom is -0.495 e. The number of carbonyl (C=O) groups is 1. The van der Waals surface area contributed by atoms with Gasteiger partial charge in [-0.15, -0.1) is 0 Å². The second-order valence-corrected chi connectivity index (χ2v) is 6.30. The third-order valence-electron chi connectivity index (χ3n) is 3.97. The topological polar surface area (TPSA) is 76.1 Å². The third-order valence-corrected chi connectivity index (χ3v) is 4.21. The zero-order valence-corrected chi connectivity index (χ0v) is 15.7. The summed E-state index contributed by atoms with van der Waals surface area (Å²) in [6, 6.07) is 16.6. The van der Waals surface area contributed by atoms with E-state index in [9.17, 15) is 4.79 Å². The summed E-state index contributed by atoms with van der Waals surface area (Å²) in [6.45, 7) is 2.02. The van der Waals surface area contributed by atoms with E-state index in [2.05, 4.69) is 20.6 Å². The first-order valence-electron chi connectivity index (χ1n) is 8.35. The zero-order valence-electron chi connectivity index (χ0n) is 14.9. The number of nitrogens with one attached hydrogen (secondary N) is 2. The number of ether oxygens (including phenoxy) is 1. The molecular formula is C20H19ClN4O2. The molecule has 1 amide bonds. The number of methoxy groups -OCH3 is 1. The first-order valence-corrected chi connectivity index (χ1v) is 8.73. The number of rotatable bonds is 6. The van der Waals surface area contributed by atoms with Crippen LogP contribution in [0.1, 0.15) is 29.0 Å². The Morgan fingerprint density at radius 3 is 2.63 bits per heavy atom. The fourth-order valence-corrected chi connectivity index (χ4v) is 2.74. The standard InChI is InChI=1S/C20H19ClN4O2/c1-13(14-6-4-3-5-7-14)24-19-11-17(22-12-23-19)20(26)25-16-10-15(21)8-9-18(16)27-2/h3-13H,1-2H3,(H,25,26)(H,22,23,24). The van der Waals surface area contributed by atoms with Crippen molar-refractivity contribution in [2.24, 2.45) is 0 Å². The van der Waals surface area contributed by atoms with Gasteiger partial charge in [-0.2, -0.15) is 0 Å². The molecule has 0 bridgehead atoms. The van der Waals surface area contributed by atoms with E-state index in [4.69, 9.17) is 16.3 Å². The highest BCUT2D eigenvalue weighted by atomic mass is 35.5. The lowest BCUT2D eigenvalue weighted by Crippen LogP contribution is -2.16. The van der Waals surface area contributed by atoms with Gasteiger partial charge in [0.1, 0.15) is 23.6 Å². The molecule has 0 aliphatic heterocycles. The van der Waals surface area contributed by atoms with Gasteiger partial charge in [0.05, 0.1) is 12.8 Å². The van der Waals surface area contributed by atoms with E-state index < -0.39 is 0 Å². The lowest BCUT2D eigenvalue weighted by Gasteiger charge is -2.15. The molecule has 0 radical (unpaired) electrons. The molecule has 7 heteroatoms. The van der Waals surface area contributed by atoms with Gasteiger partial charge in [-0.1, -0.05) is 41.9 Å². The summed E-state index contributed by atoms with van der Waals surface area (Å²) in [7, 11) is 1.52. The van der Waals surface area contributed by atoms with Crippen molar-refractivity contribution in [1.82, 2.24) is 9.97 Å². The quantitative estimate of drug-likeness (QED) is 0.653. The van der Waals surface area contributed by atoms with Gasteiger partial charge in [0.25, 0.3) is 5.91 Å². The monoisotopic (exact) mass is 382 g/mol. The van der Waals surface area contributed by atoms with Crippen LogP contribution in [0.15, 0.2) is 60.9 Å². The van der Waals surface area contributed by atoms with Gasteiger partial charge < -0.3 is 15.4 Å². The molecule has 1 unspecified atom stereocenters. The van der Waals surface area contributed by atoms with Crippen LogP contribution in [0.25, 0.3) is 0 Å². The predicted molar refractivity (Wildman–Crippen MR) is 106 cm³/mol. The first kappa shape index (κ1) is 18.7. The van der Waals surface area contributed by atoms with Gasteiger partial charge in [-0.3, -0.25) is 4.79 Å². The Balaban J connectivity index is 1.75. The Kier molecular flexibility index (Phi) is 5.88. The largest absolute Gasteiger partial charge is 0.495 e. The van der Waals surface area contributed by atoms with E-state index in [0.717, 1.165) is 5.56 Å². The fraction of sp³-hybridized carbons (Fsp3) is 0.150. The van der Waals surface area contributed by atoms with Crippen molar-refractivity contribution in [2.45, 2.75) is 13.0 Å². The Bertz CT molecular complexity index is 934. The Morgan fingerprint density at radius 1 is 1.11 bits per heavy atom. The molecule has 27 heavy (non-hydrogen) atoms. The predicted octanol–water partition coefficient (Wildman–Crippen LogP) is 4.56. The van der Waals surface area contributed by atoms with Gasteiger partial charge in [-0.25, -0.2) is 9.97 Å². The van der Waals surface area contributed by atoms with Crippen molar-refractivity contribution in [2.75, 3.05) is 17.7 Å². The van der Waals surface area contributed by atoms with Crippen molar-refractivity contribution in [1.29, 1.82) is 0 Å². The number of anilines is 2. The van der Waals surface area contributed by atoms with E-state index in [1.165, 1.54) is 13.4 Å². The molecule has 1 aromatic heterocycles. The lowest BCUT2D eigenvalue weighted by atomic mass is 10.1. The first-order chi connectivity index (χ1) is 13.1. The van der Waals surface area contributed by atoms with Crippen molar-refractivity contribution in [3.8, 4) is 5.75 Å². The van der Waals surface area contributed by atoms with Crippen LogP contribution in [0.2, 0.25) is 5.02 Å². The van der Waals surface area contributed by atoms with Crippen LogP contribution < -0.4 is 15.4 Å². The average molecular weight is 383 g/mol. The van der Waals surface area contributed by atoms with Crippen LogP contribution in [0, 0.1) is 0 Å². The molecule has 0 fully saturated rings.